The van der Waals surface area contributed by atoms with Crippen LogP contribution in [0.2, 0.25) is 0 Å². The molecular weight excluding hydrogens is 238 g/mol. The van der Waals surface area contributed by atoms with Crippen molar-refractivity contribution in [2.24, 2.45) is 11.7 Å². The van der Waals surface area contributed by atoms with Crippen molar-refractivity contribution >= 4 is 5.91 Å². The lowest BCUT2D eigenvalue weighted by atomic mass is 9.86. The fourth-order valence-corrected chi connectivity index (χ4v) is 2.92. The van der Waals surface area contributed by atoms with Crippen LogP contribution in [0.15, 0.2) is 0 Å². The number of rotatable bonds is 7. The van der Waals surface area contributed by atoms with Crippen LogP contribution in [0.25, 0.3) is 0 Å². The number of nitrogens with zero attached hydrogens (tertiary/aromatic N) is 1. The van der Waals surface area contributed by atoms with Gasteiger partial charge in [0.05, 0.1) is 5.54 Å². The van der Waals surface area contributed by atoms with Gasteiger partial charge in [-0.05, 0) is 72.0 Å². The molecule has 0 saturated heterocycles. The van der Waals surface area contributed by atoms with E-state index in [1.165, 1.54) is 25.7 Å². The highest BCUT2D eigenvalue weighted by Crippen LogP contribution is 2.26. The highest BCUT2D eigenvalue weighted by atomic mass is 16.1. The number of nitrogens with two attached hydrogens (primary N) is 1. The van der Waals surface area contributed by atoms with Gasteiger partial charge >= 0.3 is 0 Å². The molecule has 1 atom stereocenters. The van der Waals surface area contributed by atoms with Gasteiger partial charge in [-0.2, -0.15) is 0 Å². The molecule has 4 nitrogen and oxygen atoms in total. The van der Waals surface area contributed by atoms with Gasteiger partial charge < -0.3 is 16.0 Å². The molecule has 1 aliphatic carbocycles. The molecule has 0 aromatic carbocycles. The summed E-state index contributed by atoms with van der Waals surface area (Å²) in [5.41, 5.74) is 4.87. The van der Waals surface area contributed by atoms with E-state index in [2.05, 4.69) is 24.2 Å². The highest BCUT2D eigenvalue weighted by Gasteiger charge is 2.29. The van der Waals surface area contributed by atoms with E-state index in [4.69, 9.17) is 5.73 Å². The largest absolute Gasteiger partial charge is 0.368 e. The minimum absolute atomic E-state index is 0.260. The number of carbonyl (C=O) groups excluding carboxylic acids is 1. The van der Waals surface area contributed by atoms with Crippen LogP contribution in [0, 0.1) is 5.92 Å². The predicted octanol–water partition coefficient (Wildman–Crippen LogP) is 1.74. The smallest absolute Gasteiger partial charge is 0.237 e. The number of likely N-dealkylation sites (N-methyl/N-ethyl adjacent to an activating group) is 1. The molecule has 0 aliphatic heterocycles. The third-order valence-corrected chi connectivity index (χ3v) is 4.89. The predicted molar refractivity (Wildman–Crippen MR) is 79.9 cm³/mol. The maximum atomic E-state index is 11.4. The Morgan fingerprint density at radius 1 is 1.37 bits per heavy atom. The summed E-state index contributed by atoms with van der Waals surface area (Å²) in [5, 5.41) is 3.04. The summed E-state index contributed by atoms with van der Waals surface area (Å²) in [6.07, 6.45) is 7.14. The lowest BCUT2D eigenvalue weighted by Crippen LogP contribution is -2.51. The average Bonchev–Trinajstić information content (AvgIpc) is 2.38. The Morgan fingerprint density at radius 3 is 2.42 bits per heavy atom. The zero-order valence-electron chi connectivity index (χ0n) is 13.0. The Labute approximate surface area is 118 Å². The van der Waals surface area contributed by atoms with E-state index in [0.29, 0.717) is 0 Å². The number of primary amides is 1. The van der Waals surface area contributed by atoms with Crippen molar-refractivity contribution in [2.75, 3.05) is 20.6 Å². The second kappa shape index (κ2) is 7.25. The summed E-state index contributed by atoms with van der Waals surface area (Å²) < 4.78 is 0. The molecule has 0 aromatic rings. The maximum absolute atomic E-state index is 11.4. The summed E-state index contributed by atoms with van der Waals surface area (Å²) in [7, 11) is 4.01. The third-order valence-electron chi connectivity index (χ3n) is 4.89. The summed E-state index contributed by atoms with van der Waals surface area (Å²) in [4.78, 5) is 13.9. The van der Waals surface area contributed by atoms with Crippen molar-refractivity contribution in [3.05, 3.63) is 0 Å². The summed E-state index contributed by atoms with van der Waals surface area (Å²) in [6, 6.07) is 0.727. The normalized spacial score (nSPS) is 27.2. The van der Waals surface area contributed by atoms with Crippen LogP contribution >= 0.6 is 0 Å². The Hall–Kier alpha value is -0.610. The molecule has 0 radical (unpaired) electrons. The zero-order chi connectivity index (χ0) is 14.5. The SMILES string of the molecule is CNC(C)(CCCN(C)C1CCC(C)CC1)C(N)=O. The van der Waals surface area contributed by atoms with E-state index in [1.807, 2.05) is 6.92 Å². The van der Waals surface area contributed by atoms with Crippen LogP contribution in [0.1, 0.15) is 52.4 Å². The van der Waals surface area contributed by atoms with Crippen molar-refractivity contribution < 1.29 is 4.79 Å². The molecule has 0 spiro atoms. The van der Waals surface area contributed by atoms with E-state index in [1.54, 1.807) is 7.05 Å². The zero-order valence-corrected chi connectivity index (χ0v) is 13.0. The number of amides is 1. The molecule has 3 N–H and O–H groups in total. The number of hydrogen-bond donors (Lipinski definition) is 2. The van der Waals surface area contributed by atoms with Crippen molar-refractivity contribution in [1.82, 2.24) is 10.2 Å². The van der Waals surface area contributed by atoms with Gasteiger partial charge in [-0.3, -0.25) is 4.79 Å². The molecule has 1 amide bonds. The molecule has 1 rings (SSSR count). The Bertz CT molecular complexity index is 287. The van der Waals surface area contributed by atoms with E-state index in [-0.39, 0.29) is 5.91 Å². The fraction of sp³-hybridized carbons (Fsp3) is 0.933. The molecule has 0 heterocycles. The quantitative estimate of drug-likeness (QED) is 0.740. The minimum Gasteiger partial charge on any atom is -0.368 e. The molecule has 1 saturated carbocycles. The Morgan fingerprint density at radius 2 is 1.95 bits per heavy atom. The van der Waals surface area contributed by atoms with Gasteiger partial charge in [-0.15, -0.1) is 0 Å². The molecule has 1 fully saturated rings. The van der Waals surface area contributed by atoms with Gasteiger partial charge in [0, 0.05) is 6.04 Å². The number of hydrogen-bond acceptors (Lipinski definition) is 3. The summed E-state index contributed by atoms with van der Waals surface area (Å²) >= 11 is 0. The van der Waals surface area contributed by atoms with Gasteiger partial charge in [0.1, 0.15) is 0 Å². The Kier molecular flexibility index (Phi) is 6.27. The van der Waals surface area contributed by atoms with Crippen LogP contribution in [0.4, 0.5) is 0 Å². The van der Waals surface area contributed by atoms with Gasteiger partial charge in [-0.1, -0.05) is 6.92 Å². The van der Waals surface area contributed by atoms with Crippen LogP contribution in [-0.2, 0) is 4.79 Å². The van der Waals surface area contributed by atoms with Crippen molar-refractivity contribution in [2.45, 2.75) is 64.0 Å². The third kappa shape index (κ3) is 4.77. The van der Waals surface area contributed by atoms with Crippen LogP contribution in [0.5, 0.6) is 0 Å². The second-order valence-electron chi connectivity index (χ2n) is 6.44. The molecule has 0 bridgehead atoms. The van der Waals surface area contributed by atoms with Gasteiger partial charge in [0.25, 0.3) is 0 Å². The lowest BCUT2D eigenvalue weighted by Gasteiger charge is -2.34. The van der Waals surface area contributed by atoms with E-state index in [0.717, 1.165) is 31.3 Å². The molecule has 1 unspecified atom stereocenters. The highest BCUT2D eigenvalue weighted by molar-refractivity contribution is 5.84. The van der Waals surface area contributed by atoms with Gasteiger partial charge in [-0.25, -0.2) is 0 Å². The molecule has 0 aromatic heterocycles. The molecule has 4 heteroatoms. The first-order valence-electron chi connectivity index (χ1n) is 7.58. The van der Waals surface area contributed by atoms with Crippen LogP contribution in [-0.4, -0.2) is 43.0 Å². The first-order valence-corrected chi connectivity index (χ1v) is 7.58. The maximum Gasteiger partial charge on any atom is 0.237 e. The monoisotopic (exact) mass is 269 g/mol. The van der Waals surface area contributed by atoms with Gasteiger partial charge in [0.2, 0.25) is 5.91 Å². The van der Waals surface area contributed by atoms with Crippen molar-refractivity contribution in [3.63, 3.8) is 0 Å². The second-order valence-corrected chi connectivity index (χ2v) is 6.44. The fourth-order valence-electron chi connectivity index (χ4n) is 2.92. The lowest BCUT2D eigenvalue weighted by molar-refractivity contribution is -0.123. The summed E-state index contributed by atoms with van der Waals surface area (Å²) in [5.74, 6) is 0.635. The van der Waals surface area contributed by atoms with Crippen molar-refractivity contribution in [1.29, 1.82) is 0 Å². The summed E-state index contributed by atoms with van der Waals surface area (Å²) in [6.45, 7) is 5.28. The van der Waals surface area contributed by atoms with Crippen LogP contribution in [0.3, 0.4) is 0 Å². The van der Waals surface area contributed by atoms with E-state index >= 15 is 0 Å². The Balaban J connectivity index is 2.30. The molecule has 112 valence electrons. The first kappa shape index (κ1) is 16.4. The van der Waals surface area contributed by atoms with E-state index < -0.39 is 5.54 Å². The molecular formula is C15H31N3O. The molecule has 19 heavy (non-hydrogen) atoms. The van der Waals surface area contributed by atoms with E-state index in [9.17, 15) is 4.79 Å². The number of carbonyl (C=O) groups is 1. The molecule has 1 aliphatic rings. The average molecular weight is 269 g/mol. The first-order chi connectivity index (χ1) is 8.89. The van der Waals surface area contributed by atoms with Crippen molar-refractivity contribution in [3.8, 4) is 0 Å². The van der Waals surface area contributed by atoms with Gasteiger partial charge in [0.15, 0.2) is 0 Å². The topological polar surface area (TPSA) is 58.4 Å². The number of nitrogens with one attached hydrogen (secondary N) is 1. The minimum atomic E-state index is -0.568. The van der Waals surface area contributed by atoms with Crippen LogP contribution < -0.4 is 11.1 Å². The standard InChI is InChI=1S/C15H31N3O/c1-12-6-8-13(9-7-12)18(4)11-5-10-15(2,17-3)14(16)19/h12-13,17H,5-11H2,1-4H3,(H2,16,19).